The van der Waals surface area contributed by atoms with Gasteiger partial charge in [-0.25, -0.2) is 0 Å². The lowest BCUT2D eigenvalue weighted by molar-refractivity contribution is 0.0681. The van der Waals surface area contributed by atoms with Crippen molar-refractivity contribution in [3.63, 3.8) is 0 Å². The molecule has 0 aliphatic heterocycles. The summed E-state index contributed by atoms with van der Waals surface area (Å²) >= 11 is 0. The maximum Gasteiger partial charge on any atom is 0.290 e. The van der Waals surface area contributed by atoms with E-state index in [1.807, 2.05) is 31.2 Å². The summed E-state index contributed by atoms with van der Waals surface area (Å²) in [6.45, 7) is 4.66. The fourth-order valence-corrected chi connectivity index (χ4v) is 3.15. The van der Waals surface area contributed by atoms with Crippen LogP contribution in [0.1, 0.15) is 33.1 Å². The number of hydrogen-bond donors (Lipinski definition) is 0. The number of aromatic nitrogens is 1. The van der Waals surface area contributed by atoms with Crippen LogP contribution in [-0.2, 0) is 13.1 Å². The Morgan fingerprint density at radius 3 is 2.54 bits per heavy atom. The lowest BCUT2D eigenvalue weighted by atomic mass is 10.0. The fourth-order valence-electron chi connectivity index (χ4n) is 3.15. The van der Waals surface area contributed by atoms with Gasteiger partial charge < -0.3 is 18.3 Å². The lowest BCUT2D eigenvalue weighted by Gasteiger charge is -2.19. The number of hydrogen-bond acceptors (Lipinski definition) is 5. The standard InChI is InChI=1S/C22H20N2O4/c1-15-7-8-19(16(2)11-15)21-12-17(23-28-21)13-24(14-18-5-3-9-26-18)22(25)20-6-4-10-27-20/h3-12H,13-14H2,1-2H3. The molecule has 142 valence electrons. The largest absolute Gasteiger partial charge is 0.467 e. The first kappa shape index (κ1) is 17.9. The zero-order chi connectivity index (χ0) is 19.5. The summed E-state index contributed by atoms with van der Waals surface area (Å²) in [5.41, 5.74) is 3.94. The van der Waals surface area contributed by atoms with E-state index in [1.165, 1.54) is 11.8 Å². The van der Waals surface area contributed by atoms with Crippen molar-refractivity contribution in [3.8, 4) is 11.3 Å². The molecule has 1 aromatic carbocycles. The monoisotopic (exact) mass is 376 g/mol. The molecule has 0 unspecified atom stereocenters. The second kappa shape index (κ2) is 7.60. The van der Waals surface area contributed by atoms with Crippen LogP contribution in [0, 0.1) is 13.8 Å². The van der Waals surface area contributed by atoms with E-state index in [0.717, 1.165) is 11.1 Å². The number of furan rings is 2. The highest BCUT2D eigenvalue weighted by atomic mass is 16.5. The van der Waals surface area contributed by atoms with Gasteiger partial charge in [0.2, 0.25) is 0 Å². The zero-order valence-electron chi connectivity index (χ0n) is 15.7. The van der Waals surface area contributed by atoms with Crippen molar-refractivity contribution in [2.75, 3.05) is 0 Å². The van der Waals surface area contributed by atoms with Gasteiger partial charge in [0.05, 0.1) is 25.6 Å². The Labute approximate surface area is 162 Å². The highest BCUT2D eigenvalue weighted by Crippen LogP contribution is 2.26. The maximum absolute atomic E-state index is 12.8. The van der Waals surface area contributed by atoms with Crippen LogP contribution in [0.2, 0.25) is 0 Å². The van der Waals surface area contributed by atoms with Crippen LogP contribution in [0.25, 0.3) is 11.3 Å². The fraction of sp³-hybridized carbons (Fsp3) is 0.182. The van der Waals surface area contributed by atoms with E-state index in [1.54, 1.807) is 29.4 Å². The second-order valence-corrected chi connectivity index (χ2v) is 6.72. The summed E-state index contributed by atoms with van der Waals surface area (Å²) in [6.07, 6.45) is 3.06. The van der Waals surface area contributed by atoms with Gasteiger partial charge in [-0.15, -0.1) is 0 Å². The van der Waals surface area contributed by atoms with Crippen molar-refractivity contribution in [1.82, 2.24) is 10.1 Å². The smallest absolute Gasteiger partial charge is 0.290 e. The molecular weight excluding hydrogens is 356 g/mol. The van der Waals surface area contributed by atoms with Crippen LogP contribution in [0.4, 0.5) is 0 Å². The highest BCUT2D eigenvalue weighted by molar-refractivity contribution is 5.91. The number of carbonyl (C=O) groups is 1. The Kier molecular flexibility index (Phi) is 4.85. The molecule has 6 nitrogen and oxygen atoms in total. The van der Waals surface area contributed by atoms with Gasteiger partial charge in [-0.3, -0.25) is 4.79 Å². The first-order valence-corrected chi connectivity index (χ1v) is 8.98. The van der Waals surface area contributed by atoms with Crippen molar-refractivity contribution in [3.05, 3.63) is 89.4 Å². The number of aryl methyl sites for hydroxylation is 2. The molecule has 28 heavy (non-hydrogen) atoms. The van der Waals surface area contributed by atoms with Crippen LogP contribution in [0.15, 0.2) is 74.4 Å². The Morgan fingerprint density at radius 2 is 1.82 bits per heavy atom. The van der Waals surface area contributed by atoms with E-state index in [4.69, 9.17) is 13.4 Å². The molecule has 3 heterocycles. The molecule has 3 aromatic heterocycles. The average Bonchev–Trinajstić information content (AvgIpc) is 3.43. The van der Waals surface area contributed by atoms with Crippen LogP contribution >= 0.6 is 0 Å². The minimum absolute atomic E-state index is 0.238. The van der Waals surface area contributed by atoms with E-state index in [9.17, 15) is 4.79 Å². The minimum atomic E-state index is -0.238. The van der Waals surface area contributed by atoms with Gasteiger partial charge >= 0.3 is 0 Å². The van der Waals surface area contributed by atoms with E-state index < -0.39 is 0 Å². The number of amides is 1. The molecule has 0 fully saturated rings. The summed E-state index contributed by atoms with van der Waals surface area (Å²) in [5.74, 6) is 1.39. The number of carbonyl (C=O) groups excluding carboxylic acids is 1. The molecule has 0 radical (unpaired) electrons. The third kappa shape index (κ3) is 3.76. The van der Waals surface area contributed by atoms with Crippen LogP contribution in [0.3, 0.4) is 0 Å². The van der Waals surface area contributed by atoms with Crippen molar-refractivity contribution in [2.24, 2.45) is 0 Å². The molecule has 0 aliphatic carbocycles. The van der Waals surface area contributed by atoms with E-state index in [-0.39, 0.29) is 18.2 Å². The zero-order valence-corrected chi connectivity index (χ0v) is 15.7. The van der Waals surface area contributed by atoms with Gasteiger partial charge in [-0.2, -0.15) is 0 Å². The molecule has 6 heteroatoms. The quantitative estimate of drug-likeness (QED) is 0.474. The SMILES string of the molecule is Cc1ccc(-c2cc(CN(Cc3ccco3)C(=O)c3ccco3)no2)c(C)c1. The summed E-state index contributed by atoms with van der Waals surface area (Å²) in [5, 5.41) is 4.16. The molecule has 0 saturated heterocycles. The Hall–Kier alpha value is -3.54. The number of nitrogens with zero attached hydrogens (tertiary/aromatic N) is 2. The van der Waals surface area contributed by atoms with Crippen molar-refractivity contribution < 1.29 is 18.2 Å². The Bertz CT molecular complexity index is 1060. The Morgan fingerprint density at radius 1 is 1.00 bits per heavy atom. The van der Waals surface area contributed by atoms with Gasteiger partial charge in [0.15, 0.2) is 11.5 Å². The van der Waals surface area contributed by atoms with Gasteiger partial charge in [0.1, 0.15) is 11.5 Å². The molecule has 0 spiro atoms. The van der Waals surface area contributed by atoms with Crippen LogP contribution < -0.4 is 0 Å². The van der Waals surface area contributed by atoms with Crippen molar-refractivity contribution >= 4 is 5.91 Å². The topological polar surface area (TPSA) is 72.6 Å². The summed E-state index contributed by atoms with van der Waals surface area (Å²) in [4.78, 5) is 14.4. The number of benzene rings is 1. The third-order valence-corrected chi connectivity index (χ3v) is 4.51. The van der Waals surface area contributed by atoms with Gasteiger partial charge in [-0.05, 0) is 43.7 Å². The molecule has 0 atom stereocenters. The maximum atomic E-state index is 12.8. The van der Waals surface area contributed by atoms with Crippen LogP contribution in [0.5, 0.6) is 0 Å². The molecule has 1 amide bonds. The predicted octanol–water partition coefficient (Wildman–Crippen LogP) is 4.99. The highest BCUT2D eigenvalue weighted by Gasteiger charge is 2.22. The molecule has 0 saturated carbocycles. The van der Waals surface area contributed by atoms with E-state index >= 15 is 0 Å². The molecule has 0 bridgehead atoms. The first-order chi connectivity index (χ1) is 13.6. The lowest BCUT2D eigenvalue weighted by Crippen LogP contribution is -2.29. The first-order valence-electron chi connectivity index (χ1n) is 8.98. The normalized spacial score (nSPS) is 10.9. The predicted molar refractivity (Wildman–Crippen MR) is 102 cm³/mol. The molecular formula is C22H20N2O4. The van der Waals surface area contributed by atoms with Gasteiger partial charge in [-0.1, -0.05) is 28.9 Å². The van der Waals surface area contributed by atoms with Gasteiger partial charge in [0, 0.05) is 11.6 Å². The molecule has 0 aliphatic rings. The average molecular weight is 376 g/mol. The Balaban J connectivity index is 1.58. The third-order valence-electron chi connectivity index (χ3n) is 4.51. The molecule has 4 rings (SSSR count). The second-order valence-electron chi connectivity index (χ2n) is 6.72. The summed E-state index contributed by atoms with van der Waals surface area (Å²) in [6, 6.07) is 15.0. The van der Waals surface area contributed by atoms with E-state index in [2.05, 4.69) is 18.1 Å². The number of rotatable bonds is 6. The van der Waals surface area contributed by atoms with E-state index in [0.29, 0.717) is 23.8 Å². The summed E-state index contributed by atoms with van der Waals surface area (Å²) in [7, 11) is 0. The van der Waals surface area contributed by atoms with Crippen molar-refractivity contribution in [2.45, 2.75) is 26.9 Å². The molecule has 0 N–H and O–H groups in total. The summed E-state index contributed by atoms with van der Waals surface area (Å²) < 4.78 is 16.2. The van der Waals surface area contributed by atoms with Crippen molar-refractivity contribution in [1.29, 1.82) is 0 Å². The molecule has 4 aromatic rings. The van der Waals surface area contributed by atoms with Crippen LogP contribution in [-0.4, -0.2) is 16.0 Å². The minimum Gasteiger partial charge on any atom is -0.467 e. The van der Waals surface area contributed by atoms with Gasteiger partial charge in [0.25, 0.3) is 5.91 Å².